The molecule has 1 fully saturated rings. The Morgan fingerprint density at radius 3 is 2.33 bits per heavy atom. The van der Waals surface area contributed by atoms with E-state index in [2.05, 4.69) is 115 Å². The van der Waals surface area contributed by atoms with Gasteiger partial charge in [-0.2, -0.15) is 0 Å². The van der Waals surface area contributed by atoms with Crippen LogP contribution >= 0.6 is 8.30 Å². The average molecular weight is 673 g/mol. The molecule has 5 atom stereocenters. The van der Waals surface area contributed by atoms with Gasteiger partial charge >= 0.3 is 0 Å². The lowest BCUT2D eigenvalue weighted by molar-refractivity contribution is 0.0134. The Hall–Kier alpha value is -3.00. The highest BCUT2D eigenvalue weighted by Gasteiger charge is 2.48. The minimum Gasteiger partial charge on any atom is -0.380 e. The van der Waals surface area contributed by atoms with E-state index in [0.717, 1.165) is 29.6 Å². The molecule has 0 radical (unpaired) electrons. The van der Waals surface area contributed by atoms with Gasteiger partial charge in [0.05, 0.1) is 29.4 Å². The van der Waals surface area contributed by atoms with Gasteiger partial charge in [-0.15, -0.1) is 0 Å². The highest BCUT2D eigenvalue weighted by Crippen LogP contribution is 2.49. The molecule has 1 aliphatic carbocycles. The number of nitrogens with zero attached hydrogens (tertiary/aromatic N) is 3. The van der Waals surface area contributed by atoms with Crippen LogP contribution in [-0.2, 0) is 20.4 Å². The number of aromatic nitrogens is 3. The predicted octanol–water partition coefficient (Wildman–Crippen LogP) is 9.30. The van der Waals surface area contributed by atoms with E-state index in [1.807, 2.05) is 13.1 Å². The minimum atomic E-state index is -1.29. The molecular formula is C39H50FN4O3P. The van der Waals surface area contributed by atoms with Crippen LogP contribution in [0.5, 0.6) is 0 Å². The molecule has 1 N–H and O–H groups in total. The number of benzene rings is 2. The number of nitrogens with one attached hydrogen (secondary N) is 1. The summed E-state index contributed by atoms with van der Waals surface area (Å²) in [6.45, 7) is 14.1. The van der Waals surface area contributed by atoms with Crippen molar-refractivity contribution in [3.63, 3.8) is 0 Å². The zero-order valence-electron chi connectivity index (χ0n) is 29.1. The third-order valence-corrected chi connectivity index (χ3v) is 11.7. The normalized spacial score (nSPS) is 21.7. The molecule has 2 aliphatic rings. The van der Waals surface area contributed by atoms with E-state index in [1.165, 1.54) is 22.3 Å². The maximum absolute atomic E-state index is 16.2. The number of rotatable bonds is 15. The van der Waals surface area contributed by atoms with Gasteiger partial charge in [0.2, 0.25) is 0 Å². The third-order valence-electron chi connectivity index (χ3n) is 9.61. The number of aromatic amines is 1. The van der Waals surface area contributed by atoms with Crippen molar-refractivity contribution in [2.75, 3.05) is 19.9 Å². The monoisotopic (exact) mass is 672 g/mol. The highest BCUT2D eigenvalue weighted by molar-refractivity contribution is 7.49. The molecule has 1 aliphatic heterocycles. The average Bonchev–Trinajstić information content (AvgIpc) is 3.74. The molecule has 9 heteroatoms. The first kappa shape index (κ1) is 34.8. The number of fused-ring (bicyclic) bond motifs is 4. The Balaban J connectivity index is 1.02. The van der Waals surface area contributed by atoms with E-state index in [9.17, 15) is 0 Å². The Labute approximate surface area is 286 Å². The second-order valence-corrected chi connectivity index (χ2v) is 15.1. The zero-order valence-corrected chi connectivity index (χ0v) is 30.0. The molecule has 2 aromatic carbocycles. The van der Waals surface area contributed by atoms with Crippen LogP contribution in [-0.4, -0.2) is 70.0 Å². The van der Waals surface area contributed by atoms with Gasteiger partial charge in [-0.1, -0.05) is 67.6 Å². The summed E-state index contributed by atoms with van der Waals surface area (Å²) in [7, 11) is -0.980. The second-order valence-electron chi connectivity index (χ2n) is 13.5. The quantitative estimate of drug-likeness (QED) is 0.0771. The standard InChI is InChI=1S/C39H50FN4O3P/c1-7-34-39(47-48(6)44(25(2)3)26(4)5)35(40)38(46-34)31-22-41-37-33(42-24-43-36(31)37)20-10-8-9-15-21-45-23-32-29-18-13-11-16-27(29)28-17-12-14-19-30(28)32/h8,10-14,16-19,22,24-26,32,34-35,38-39,41H,7,9,15,20-21,23H2,1-6H3. The lowest BCUT2D eigenvalue weighted by atomic mass is 9.98. The fourth-order valence-corrected chi connectivity index (χ4v) is 9.55. The predicted molar refractivity (Wildman–Crippen MR) is 193 cm³/mol. The number of ether oxygens (including phenoxy) is 2. The van der Waals surface area contributed by atoms with E-state index in [4.69, 9.17) is 14.0 Å². The number of hydrogen-bond donors (Lipinski definition) is 1. The van der Waals surface area contributed by atoms with Crippen molar-refractivity contribution in [1.82, 2.24) is 19.6 Å². The summed E-state index contributed by atoms with van der Waals surface area (Å²) >= 11 is 0. The maximum Gasteiger partial charge on any atom is 0.159 e. The van der Waals surface area contributed by atoms with Crippen LogP contribution in [0.25, 0.3) is 22.2 Å². The number of halogens is 1. The third kappa shape index (κ3) is 7.15. The first-order valence-corrected chi connectivity index (χ1v) is 19.2. The second kappa shape index (κ2) is 15.7. The number of allylic oxidation sites excluding steroid dienone is 2. The molecule has 5 unspecified atom stereocenters. The van der Waals surface area contributed by atoms with E-state index < -0.39 is 26.7 Å². The Morgan fingerprint density at radius 2 is 1.67 bits per heavy atom. The van der Waals surface area contributed by atoms with Gasteiger partial charge in [0.15, 0.2) is 6.17 Å². The van der Waals surface area contributed by atoms with Crippen LogP contribution in [0.4, 0.5) is 4.39 Å². The van der Waals surface area contributed by atoms with Gasteiger partial charge < -0.3 is 19.0 Å². The summed E-state index contributed by atoms with van der Waals surface area (Å²) in [4.78, 5) is 12.4. The highest BCUT2D eigenvalue weighted by atomic mass is 31.2. The van der Waals surface area contributed by atoms with E-state index in [0.29, 0.717) is 43.7 Å². The van der Waals surface area contributed by atoms with E-state index in [1.54, 1.807) is 6.33 Å². The van der Waals surface area contributed by atoms with Crippen LogP contribution in [0.15, 0.2) is 73.2 Å². The Kier molecular flexibility index (Phi) is 11.4. The number of unbranched alkanes of at least 4 members (excludes halogenated alkanes) is 1. The first-order chi connectivity index (χ1) is 23.3. The van der Waals surface area contributed by atoms with Crippen LogP contribution in [0.3, 0.4) is 0 Å². The molecular weight excluding hydrogens is 622 g/mol. The van der Waals surface area contributed by atoms with Crippen molar-refractivity contribution in [3.05, 3.63) is 95.6 Å². The molecule has 256 valence electrons. The maximum atomic E-state index is 16.2. The molecule has 0 bridgehead atoms. The molecule has 6 rings (SSSR count). The largest absolute Gasteiger partial charge is 0.380 e. The summed E-state index contributed by atoms with van der Waals surface area (Å²) in [6.07, 6.45) is 7.95. The van der Waals surface area contributed by atoms with Gasteiger partial charge in [-0.3, -0.25) is 4.67 Å². The fourth-order valence-electron chi connectivity index (χ4n) is 7.53. The van der Waals surface area contributed by atoms with Gasteiger partial charge in [0, 0.05) is 42.8 Å². The summed E-state index contributed by atoms with van der Waals surface area (Å²) in [5, 5.41) is 0. The van der Waals surface area contributed by atoms with E-state index >= 15 is 4.39 Å². The topological polar surface area (TPSA) is 72.5 Å². The summed E-state index contributed by atoms with van der Waals surface area (Å²) < 4.78 is 37.5. The number of hydrogen-bond acceptors (Lipinski definition) is 6. The molecule has 0 saturated carbocycles. The van der Waals surface area contributed by atoms with Crippen molar-refractivity contribution < 1.29 is 18.4 Å². The number of H-pyrrole nitrogens is 1. The summed E-state index contributed by atoms with van der Waals surface area (Å²) in [6, 6.07) is 17.9. The van der Waals surface area contributed by atoms with E-state index in [-0.39, 0.29) is 12.0 Å². The zero-order chi connectivity index (χ0) is 33.8. The van der Waals surface area contributed by atoms with Crippen LogP contribution in [0.2, 0.25) is 0 Å². The smallest absolute Gasteiger partial charge is 0.159 e. The molecule has 0 spiro atoms. The molecule has 2 aromatic heterocycles. The molecule has 3 heterocycles. The molecule has 4 aromatic rings. The lowest BCUT2D eigenvalue weighted by Crippen LogP contribution is -2.36. The van der Waals surface area contributed by atoms with Crippen molar-refractivity contribution in [1.29, 1.82) is 0 Å². The van der Waals surface area contributed by atoms with Gasteiger partial charge in [-0.05, 0) is 75.9 Å². The summed E-state index contributed by atoms with van der Waals surface area (Å²) in [5.74, 6) is 0.289. The minimum absolute atomic E-state index is 0.289. The van der Waals surface area contributed by atoms with Crippen molar-refractivity contribution in [2.24, 2.45) is 0 Å². The van der Waals surface area contributed by atoms with Gasteiger partial charge in [0.25, 0.3) is 0 Å². The molecule has 7 nitrogen and oxygen atoms in total. The van der Waals surface area contributed by atoms with Crippen molar-refractivity contribution in [2.45, 2.75) is 103 Å². The van der Waals surface area contributed by atoms with Crippen LogP contribution in [0.1, 0.15) is 88.3 Å². The van der Waals surface area contributed by atoms with Crippen LogP contribution < -0.4 is 0 Å². The molecule has 0 amide bonds. The van der Waals surface area contributed by atoms with Crippen molar-refractivity contribution >= 4 is 19.3 Å². The van der Waals surface area contributed by atoms with Crippen LogP contribution in [0, 0.1) is 0 Å². The SMILES string of the molecule is CCC1OC(c2c[nH]c3c(CC=CCCCOCC4c5ccccc5-c5ccccc54)ncnc23)C(F)C1OP(C)N(C(C)C)C(C)C. The van der Waals surface area contributed by atoms with Gasteiger partial charge in [-0.25, -0.2) is 14.4 Å². The first-order valence-electron chi connectivity index (χ1n) is 17.5. The number of alkyl halides is 1. The summed E-state index contributed by atoms with van der Waals surface area (Å²) in [5.41, 5.74) is 8.52. The van der Waals surface area contributed by atoms with Crippen molar-refractivity contribution in [3.8, 4) is 11.1 Å². The fraction of sp³-hybridized carbons (Fsp3) is 0.487. The Bertz CT molecular complexity index is 1640. The Morgan fingerprint density at radius 1 is 0.979 bits per heavy atom. The molecule has 1 saturated heterocycles. The van der Waals surface area contributed by atoms with Gasteiger partial charge in [0.1, 0.15) is 26.8 Å². The molecule has 48 heavy (non-hydrogen) atoms. The lowest BCUT2D eigenvalue weighted by Gasteiger charge is -2.37.